The number of methoxy groups -OCH3 is 2. The molecule has 0 radical (unpaired) electrons. The second-order valence-electron chi connectivity index (χ2n) is 10.8. The average molecular weight is 609 g/mol. The monoisotopic (exact) mass is 608 g/mol. The van der Waals surface area contributed by atoms with Gasteiger partial charge < -0.3 is 29.3 Å². The third-order valence-electron chi connectivity index (χ3n) is 6.49. The van der Waals surface area contributed by atoms with Crippen LogP contribution in [-0.2, 0) is 16.6 Å². The Morgan fingerprint density at radius 3 is 2.50 bits per heavy atom. The van der Waals surface area contributed by atoms with E-state index in [1.54, 1.807) is 68.1 Å². The lowest BCUT2D eigenvalue weighted by atomic mass is 10.2. The maximum atomic E-state index is 15.8. The van der Waals surface area contributed by atoms with Gasteiger partial charge >= 0.3 is 6.09 Å². The number of carbonyl (C=O) groups excluding carboxylic acids is 2. The highest BCUT2D eigenvalue weighted by Crippen LogP contribution is 2.36. The van der Waals surface area contributed by atoms with E-state index >= 15 is 4.39 Å². The molecule has 0 saturated heterocycles. The predicted octanol–water partition coefficient (Wildman–Crippen LogP) is 4.09. The highest BCUT2D eigenvalue weighted by molar-refractivity contribution is 5.86. The van der Waals surface area contributed by atoms with Crippen LogP contribution < -0.4 is 19.7 Å². The zero-order valence-electron chi connectivity index (χ0n) is 25.9. The summed E-state index contributed by atoms with van der Waals surface area (Å²) in [6, 6.07) is 6.22. The number of aryl methyl sites for hydroxylation is 1. The Morgan fingerprint density at radius 1 is 1.09 bits per heavy atom. The van der Waals surface area contributed by atoms with Crippen molar-refractivity contribution in [2.24, 2.45) is 7.05 Å². The quantitative estimate of drug-likeness (QED) is 0.265. The molecule has 1 aromatic carbocycles. The first kappa shape index (κ1) is 31.9. The van der Waals surface area contributed by atoms with Crippen molar-refractivity contribution in [3.8, 4) is 22.8 Å². The molecule has 2 amide bonds. The van der Waals surface area contributed by atoms with Gasteiger partial charge in [0, 0.05) is 50.6 Å². The van der Waals surface area contributed by atoms with E-state index in [9.17, 15) is 9.59 Å². The molecule has 1 N–H and O–H groups in total. The van der Waals surface area contributed by atoms with Crippen molar-refractivity contribution in [3.05, 3.63) is 48.7 Å². The van der Waals surface area contributed by atoms with E-state index in [1.807, 2.05) is 6.92 Å². The highest BCUT2D eigenvalue weighted by Gasteiger charge is 2.25. The summed E-state index contributed by atoms with van der Waals surface area (Å²) >= 11 is 0. The van der Waals surface area contributed by atoms with Crippen molar-refractivity contribution in [3.63, 3.8) is 0 Å². The largest absolute Gasteiger partial charge is 0.497 e. The van der Waals surface area contributed by atoms with Crippen molar-refractivity contribution in [1.82, 2.24) is 34.9 Å². The van der Waals surface area contributed by atoms with Gasteiger partial charge in [-0.2, -0.15) is 5.10 Å². The Hall–Kier alpha value is -5.01. The van der Waals surface area contributed by atoms with Crippen LogP contribution in [-0.4, -0.2) is 87.6 Å². The Balaban J connectivity index is 1.69. The fourth-order valence-electron chi connectivity index (χ4n) is 4.34. The number of hydrogen-bond acceptors (Lipinski definition) is 10. The molecule has 234 valence electrons. The summed E-state index contributed by atoms with van der Waals surface area (Å²) in [5.74, 6) is -0.528. The topological polar surface area (TPSA) is 137 Å². The van der Waals surface area contributed by atoms with E-state index in [0.717, 1.165) is 5.56 Å². The van der Waals surface area contributed by atoms with Crippen LogP contribution >= 0.6 is 0 Å². The van der Waals surface area contributed by atoms with Gasteiger partial charge in [0.25, 0.3) is 0 Å². The maximum absolute atomic E-state index is 15.8. The molecule has 3 heterocycles. The number of amides is 2. The van der Waals surface area contributed by atoms with E-state index in [1.165, 1.54) is 31.3 Å². The van der Waals surface area contributed by atoms with Crippen molar-refractivity contribution in [1.29, 1.82) is 0 Å². The number of rotatable bonds is 11. The second kappa shape index (κ2) is 13.5. The summed E-state index contributed by atoms with van der Waals surface area (Å²) in [5.41, 5.74) is 1.49. The first-order chi connectivity index (χ1) is 20.9. The lowest BCUT2D eigenvalue weighted by molar-refractivity contribution is -0.129. The van der Waals surface area contributed by atoms with Gasteiger partial charge in [-0.25, -0.2) is 19.2 Å². The summed E-state index contributed by atoms with van der Waals surface area (Å²) in [5, 5.41) is 6.85. The zero-order valence-corrected chi connectivity index (χ0v) is 25.9. The predicted molar refractivity (Wildman–Crippen MR) is 163 cm³/mol. The van der Waals surface area contributed by atoms with E-state index in [-0.39, 0.29) is 42.8 Å². The average Bonchev–Trinajstić information content (AvgIpc) is 3.43. The molecule has 0 aliphatic heterocycles. The van der Waals surface area contributed by atoms with Crippen LogP contribution in [0, 0.1) is 5.82 Å². The molecule has 14 heteroatoms. The highest BCUT2D eigenvalue weighted by atomic mass is 19.1. The van der Waals surface area contributed by atoms with E-state index in [4.69, 9.17) is 14.2 Å². The third kappa shape index (κ3) is 7.68. The van der Waals surface area contributed by atoms with Gasteiger partial charge in [-0.3, -0.25) is 14.5 Å². The van der Waals surface area contributed by atoms with Crippen LogP contribution in [0.1, 0.15) is 27.7 Å². The Bertz CT molecular complexity index is 1640. The number of alkyl carbamates (subject to hydrolysis) is 1. The number of hydrogen-bond donors (Lipinski definition) is 1. The number of nitrogens with zero attached hydrogens (tertiary/aromatic N) is 7. The van der Waals surface area contributed by atoms with Crippen LogP contribution in [0.2, 0.25) is 0 Å². The van der Waals surface area contributed by atoms with Crippen LogP contribution in [0.3, 0.4) is 0 Å². The van der Waals surface area contributed by atoms with Crippen molar-refractivity contribution < 1.29 is 28.2 Å². The van der Waals surface area contributed by atoms with Gasteiger partial charge in [-0.05, 0) is 39.8 Å². The standard InChI is InChI=1S/C30H37FN8O5/c1-8-38(12-11-32-29(41)44-30(2,3)4)26(40)18-39(23-13-20(42-6)14-24(43-7)27(23)31)25-10-9-21-28(36-25)35-22(16-33-21)19-15-34-37(5)17-19/h9-10,13-17H,8,11-12,18H2,1-7H3,(H,32,41). The normalized spacial score (nSPS) is 11.3. The molecule has 3 aromatic heterocycles. The van der Waals surface area contributed by atoms with Crippen molar-refractivity contribution in [2.75, 3.05) is 45.3 Å². The second-order valence-corrected chi connectivity index (χ2v) is 10.8. The Kier molecular flexibility index (Phi) is 9.81. The molecule has 0 aliphatic carbocycles. The molecule has 13 nitrogen and oxygen atoms in total. The molecule has 44 heavy (non-hydrogen) atoms. The maximum Gasteiger partial charge on any atom is 0.407 e. The number of likely N-dealkylation sites (N-methyl/N-ethyl adjacent to an activating group) is 1. The Labute approximate surface area is 255 Å². The molecule has 0 unspecified atom stereocenters. The SMILES string of the molecule is CCN(CCNC(=O)OC(C)(C)C)C(=O)CN(c1ccc2ncc(-c3cnn(C)c3)nc2n1)c1cc(OC)cc(OC)c1F. The lowest BCUT2D eigenvalue weighted by Crippen LogP contribution is -2.43. The first-order valence-corrected chi connectivity index (χ1v) is 14.0. The van der Waals surface area contributed by atoms with Gasteiger partial charge in [0.15, 0.2) is 17.2 Å². The molecule has 0 bridgehead atoms. The van der Waals surface area contributed by atoms with Crippen molar-refractivity contribution in [2.45, 2.75) is 33.3 Å². The minimum absolute atomic E-state index is 0.0145. The Morgan fingerprint density at radius 2 is 1.86 bits per heavy atom. The number of fused-ring (bicyclic) bond motifs is 1. The molecular formula is C30H37FN8O5. The molecule has 0 saturated carbocycles. The van der Waals surface area contributed by atoms with Crippen LogP contribution in [0.15, 0.2) is 42.9 Å². The molecule has 0 aliphatic rings. The van der Waals surface area contributed by atoms with Crippen LogP contribution in [0.4, 0.5) is 20.7 Å². The minimum Gasteiger partial charge on any atom is -0.497 e. The van der Waals surface area contributed by atoms with Gasteiger partial charge in [-0.1, -0.05) is 0 Å². The fourth-order valence-corrected chi connectivity index (χ4v) is 4.34. The minimum atomic E-state index is -0.701. The molecular weight excluding hydrogens is 571 g/mol. The summed E-state index contributed by atoms with van der Waals surface area (Å²) < 4.78 is 33.4. The van der Waals surface area contributed by atoms with Crippen LogP contribution in [0.5, 0.6) is 11.5 Å². The number of nitrogens with one attached hydrogen (secondary N) is 1. The summed E-state index contributed by atoms with van der Waals surface area (Å²) in [6.07, 6.45) is 4.51. The number of pyridine rings is 1. The molecule has 4 rings (SSSR count). The number of aromatic nitrogens is 5. The number of halogens is 1. The number of ether oxygens (including phenoxy) is 3. The van der Waals surface area contributed by atoms with Crippen molar-refractivity contribution >= 4 is 34.7 Å². The van der Waals surface area contributed by atoms with Gasteiger partial charge in [0.05, 0.1) is 38.0 Å². The third-order valence-corrected chi connectivity index (χ3v) is 6.49. The number of carbonyl (C=O) groups is 2. The number of benzene rings is 1. The van der Waals surface area contributed by atoms with Crippen LogP contribution in [0.25, 0.3) is 22.4 Å². The zero-order chi connectivity index (χ0) is 32.0. The molecule has 0 spiro atoms. The van der Waals surface area contributed by atoms with Gasteiger partial charge in [0.1, 0.15) is 29.2 Å². The molecule has 4 aromatic rings. The van der Waals surface area contributed by atoms with E-state index < -0.39 is 17.5 Å². The van der Waals surface area contributed by atoms with E-state index in [0.29, 0.717) is 29.2 Å². The van der Waals surface area contributed by atoms with Gasteiger partial charge in [-0.15, -0.1) is 0 Å². The molecule has 0 atom stereocenters. The summed E-state index contributed by atoms with van der Waals surface area (Å²) in [6.45, 7) is 7.54. The lowest BCUT2D eigenvalue weighted by Gasteiger charge is -2.29. The number of anilines is 2. The summed E-state index contributed by atoms with van der Waals surface area (Å²) in [4.78, 5) is 42.5. The molecule has 0 fully saturated rings. The smallest absolute Gasteiger partial charge is 0.407 e. The van der Waals surface area contributed by atoms with E-state index in [2.05, 4.69) is 25.4 Å². The first-order valence-electron chi connectivity index (χ1n) is 14.0. The van der Waals surface area contributed by atoms with Gasteiger partial charge in [0.2, 0.25) is 5.91 Å². The fraction of sp³-hybridized carbons (Fsp3) is 0.400. The summed E-state index contributed by atoms with van der Waals surface area (Å²) in [7, 11) is 4.59.